The second kappa shape index (κ2) is 6.19. The van der Waals surface area contributed by atoms with E-state index in [1.54, 1.807) is 0 Å². The Morgan fingerprint density at radius 1 is 1.32 bits per heavy atom. The van der Waals surface area contributed by atoms with E-state index in [1.165, 1.54) is 0 Å². The summed E-state index contributed by atoms with van der Waals surface area (Å²) in [7, 11) is 0. The quantitative estimate of drug-likeness (QED) is 0.917. The van der Waals surface area contributed by atoms with Gasteiger partial charge >= 0.3 is 0 Å². The molecule has 0 radical (unpaired) electrons. The molecule has 0 unspecified atom stereocenters. The van der Waals surface area contributed by atoms with Crippen LogP contribution in [-0.2, 0) is 11.2 Å². The van der Waals surface area contributed by atoms with Gasteiger partial charge in [-0.2, -0.15) is 0 Å². The van der Waals surface area contributed by atoms with E-state index in [9.17, 15) is 4.79 Å². The topological polar surface area (TPSA) is 43.1 Å². The zero-order valence-corrected chi connectivity index (χ0v) is 13.1. The standard InChI is InChI=1S/C16H22BrNO/c1-12-6-8-16(11-18,9-7-12)15(19)10-13-2-4-14(17)5-3-13/h2-5,12H,6-11,18H2,1H3. The molecule has 19 heavy (non-hydrogen) atoms. The zero-order valence-electron chi connectivity index (χ0n) is 11.5. The maximum Gasteiger partial charge on any atom is 0.144 e. The van der Waals surface area contributed by atoms with Gasteiger partial charge in [-0.3, -0.25) is 4.79 Å². The van der Waals surface area contributed by atoms with Crippen molar-refractivity contribution in [1.29, 1.82) is 0 Å². The molecule has 0 aliphatic heterocycles. The molecule has 2 nitrogen and oxygen atoms in total. The summed E-state index contributed by atoms with van der Waals surface area (Å²) in [5.74, 6) is 1.06. The Hall–Kier alpha value is -0.670. The van der Waals surface area contributed by atoms with Crippen molar-refractivity contribution in [2.45, 2.75) is 39.0 Å². The molecule has 2 rings (SSSR count). The molecule has 0 spiro atoms. The molecule has 0 atom stereocenters. The van der Waals surface area contributed by atoms with E-state index in [2.05, 4.69) is 22.9 Å². The molecule has 0 aromatic heterocycles. The zero-order chi connectivity index (χ0) is 13.9. The SMILES string of the molecule is CC1CCC(CN)(C(=O)Cc2ccc(Br)cc2)CC1. The number of Topliss-reactive ketones (excluding diaryl/α,β-unsaturated/α-hetero) is 1. The number of halogens is 1. The third-order valence-corrected chi connectivity index (χ3v) is 5.02. The van der Waals surface area contributed by atoms with Crippen molar-refractivity contribution in [2.75, 3.05) is 6.54 Å². The average molecular weight is 324 g/mol. The lowest BCUT2D eigenvalue weighted by atomic mass is 9.67. The van der Waals surface area contributed by atoms with Crippen LogP contribution in [0.5, 0.6) is 0 Å². The Kier molecular flexibility index (Phi) is 4.80. The number of carbonyl (C=O) groups excluding carboxylic acids is 1. The maximum absolute atomic E-state index is 12.6. The summed E-state index contributed by atoms with van der Waals surface area (Å²) in [5, 5.41) is 0. The van der Waals surface area contributed by atoms with Crippen LogP contribution in [0, 0.1) is 11.3 Å². The molecule has 0 bridgehead atoms. The van der Waals surface area contributed by atoms with Crippen molar-refractivity contribution in [1.82, 2.24) is 0 Å². The molecule has 1 aliphatic rings. The molecule has 0 heterocycles. The van der Waals surface area contributed by atoms with Gasteiger partial charge in [-0.15, -0.1) is 0 Å². The minimum Gasteiger partial charge on any atom is -0.329 e. The summed E-state index contributed by atoms with van der Waals surface area (Å²) < 4.78 is 1.05. The lowest BCUT2D eigenvalue weighted by molar-refractivity contribution is -0.129. The number of benzene rings is 1. The minimum absolute atomic E-state index is 0.264. The third kappa shape index (κ3) is 3.46. The Labute approximate surface area is 123 Å². The summed E-state index contributed by atoms with van der Waals surface area (Å²) in [6, 6.07) is 8.00. The van der Waals surface area contributed by atoms with Crippen LogP contribution in [0.1, 0.15) is 38.2 Å². The fraction of sp³-hybridized carbons (Fsp3) is 0.562. The van der Waals surface area contributed by atoms with E-state index in [0.717, 1.165) is 41.6 Å². The van der Waals surface area contributed by atoms with Gasteiger partial charge in [0.05, 0.1) is 0 Å². The summed E-state index contributed by atoms with van der Waals surface area (Å²) in [5.41, 5.74) is 6.75. The molecule has 1 aromatic rings. The normalized spacial score (nSPS) is 27.2. The molecule has 104 valence electrons. The first-order chi connectivity index (χ1) is 9.05. The van der Waals surface area contributed by atoms with Crippen LogP contribution < -0.4 is 5.73 Å². The number of hydrogen-bond donors (Lipinski definition) is 1. The highest BCUT2D eigenvalue weighted by molar-refractivity contribution is 9.10. The van der Waals surface area contributed by atoms with E-state index in [-0.39, 0.29) is 5.41 Å². The van der Waals surface area contributed by atoms with Crippen molar-refractivity contribution in [3.63, 3.8) is 0 Å². The monoisotopic (exact) mass is 323 g/mol. The van der Waals surface area contributed by atoms with Gasteiger partial charge in [0.2, 0.25) is 0 Å². The van der Waals surface area contributed by atoms with Gasteiger partial charge in [-0.1, -0.05) is 35.0 Å². The van der Waals surface area contributed by atoms with Gasteiger partial charge in [-0.05, 0) is 49.3 Å². The summed E-state index contributed by atoms with van der Waals surface area (Å²) in [4.78, 5) is 12.6. The Morgan fingerprint density at radius 3 is 2.42 bits per heavy atom. The number of carbonyl (C=O) groups is 1. The third-order valence-electron chi connectivity index (χ3n) is 4.49. The predicted octanol–water partition coefficient (Wildman–Crippen LogP) is 3.72. The van der Waals surface area contributed by atoms with E-state index >= 15 is 0 Å². The number of nitrogens with two attached hydrogens (primary N) is 1. The summed E-state index contributed by atoms with van der Waals surface area (Å²) in [6.45, 7) is 2.76. The molecule has 1 aromatic carbocycles. The molecular weight excluding hydrogens is 302 g/mol. The van der Waals surface area contributed by atoms with Crippen molar-refractivity contribution >= 4 is 21.7 Å². The van der Waals surface area contributed by atoms with Crippen molar-refractivity contribution in [3.8, 4) is 0 Å². The van der Waals surface area contributed by atoms with Crippen LogP contribution in [0.25, 0.3) is 0 Å². The van der Waals surface area contributed by atoms with Crippen molar-refractivity contribution < 1.29 is 4.79 Å². The van der Waals surface area contributed by atoms with Crippen LogP contribution in [0.15, 0.2) is 28.7 Å². The molecule has 0 amide bonds. The lowest BCUT2D eigenvalue weighted by Crippen LogP contribution is -2.42. The molecule has 1 saturated carbocycles. The molecule has 1 fully saturated rings. The van der Waals surface area contributed by atoms with E-state index in [0.29, 0.717) is 18.7 Å². The fourth-order valence-corrected chi connectivity index (χ4v) is 3.15. The van der Waals surface area contributed by atoms with Gasteiger partial charge in [0, 0.05) is 22.9 Å². The van der Waals surface area contributed by atoms with Gasteiger partial charge < -0.3 is 5.73 Å². The highest BCUT2D eigenvalue weighted by Gasteiger charge is 2.39. The maximum atomic E-state index is 12.6. The Bertz CT molecular complexity index is 433. The van der Waals surface area contributed by atoms with Gasteiger partial charge in [0.15, 0.2) is 0 Å². The van der Waals surface area contributed by atoms with Crippen LogP contribution in [0.2, 0.25) is 0 Å². The minimum atomic E-state index is -0.264. The number of hydrogen-bond acceptors (Lipinski definition) is 2. The molecule has 0 saturated heterocycles. The fourth-order valence-electron chi connectivity index (χ4n) is 2.89. The second-order valence-electron chi connectivity index (χ2n) is 5.89. The lowest BCUT2D eigenvalue weighted by Gasteiger charge is -2.37. The van der Waals surface area contributed by atoms with Crippen LogP contribution in [-0.4, -0.2) is 12.3 Å². The first-order valence-corrected chi connectivity index (χ1v) is 7.83. The number of ketones is 1. The van der Waals surface area contributed by atoms with Crippen molar-refractivity contribution in [3.05, 3.63) is 34.3 Å². The highest BCUT2D eigenvalue weighted by Crippen LogP contribution is 2.39. The average Bonchev–Trinajstić information content (AvgIpc) is 2.42. The van der Waals surface area contributed by atoms with Crippen molar-refractivity contribution in [2.24, 2.45) is 17.1 Å². The van der Waals surface area contributed by atoms with Gasteiger partial charge in [-0.25, -0.2) is 0 Å². The van der Waals surface area contributed by atoms with Gasteiger partial charge in [0.1, 0.15) is 5.78 Å². The largest absolute Gasteiger partial charge is 0.329 e. The highest BCUT2D eigenvalue weighted by atomic mass is 79.9. The summed E-state index contributed by atoms with van der Waals surface area (Å²) in [6.07, 6.45) is 4.69. The van der Waals surface area contributed by atoms with Crippen LogP contribution >= 0.6 is 15.9 Å². The van der Waals surface area contributed by atoms with Crippen LogP contribution in [0.4, 0.5) is 0 Å². The Morgan fingerprint density at radius 2 is 1.89 bits per heavy atom. The molecular formula is C16H22BrNO. The van der Waals surface area contributed by atoms with E-state index < -0.39 is 0 Å². The number of rotatable bonds is 4. The van der Waals surface area contributed by atoms with E-state index in [4.69, 9.17) is 5.73 Å². The molecule has 1 aliphatic carbocycles. The Balaban J connectivity index is 2.06. The molecule has 2 N–H and O–H groups in total. The second-order valence-corrected chi connectivity index (χ2v) is 6.81. The molecule has 3 heteroatoms. The smallest absolute Gasteiger partial charge is 0.144 e. The summed E-state index contributed by atoms with van der Waals surface area (Å²) >= 11 is 3.41. The predicted molar refractivity (Wildman–Crippen MR) is 82.0 cm³/mol. The van der Waals surface area contributed by atoms with Gasteiger partial charge in [0.25, 0.3) is 0 Å². The van der Waals surface area contributed by atoms with E-state index in [1.807, 2.05) is 24.3 Å². The first kappa shape index (κ1) is 14.7. The first-order valence-electron chi connectivity index (χ1n) is 7.03. The van der Waals surface area contributed by atoms with Crippen LogP contribution in [0.3, 0.4) is 0 Å².